The summed E-state index contributed by atoms with van der Waals surface area (Å²) in [5.74, 6) is -4.68. The fourth-order valence-electron chi connectivity index (χ4n) is 5.24. The molecule has 2 N–H and O–H groups in total. The molecule has 0 radical (unpaired) electrons. The third kappa shape index (κ3) is 4.11. The first-order valence-electron chi connectivity index (χ1n) is 11.5. The van der Waals surface area contributed by atoms with Gasteiger partial charge >= 0.3 is 0 Å². The van der Waals surface area contributed by atoms with Crippen molar-refractivity contribution in [3.8, 4) is 0 Å². The Labute approximate surface area is 200 Å². The number of carbonyl (C=O) groups excluding carboxylic acids is 3. The van der Waals surface area contributed by atoms with Crippen LogP contribution in [0.2, 0.25) is 0 Å². The molecular formula is C25H25F2N3O5. The molecule has 3 aliphatic rings. The van der Waals surface area contributed by atoms with Crippen molar-refractivity contribution in [3.63, 3.8) is 0 Å². The van der Waals surface area contributed by atoms with Gasteiger partial charge in [0.05, 0.1) is 6.04 Å². The number of piperazine rings is 1. The topological polar surface area (TPSA) is 99.2 Å². The number of aliphatic hydroxyl groups excluding tert-OH is 1. The Kier molecular flexibility index (Phi) is 6.12. The van der Waals surface area contributed by atoms with Gasteiger partial charge in [0, 0.05) is 31.3 Å². The summed E-state index contributed by atoms with van der Waals surface area (Å²) in [5.41, 5.74) is 0.979. The molecule has 6 atom stereocenters. The number of fused-ring (bicyclic) bond motifs is 2. The number of benzene rings is 2. The first-order valence-corrected chi connectivity index (χ1v) is 11.5. The molecule has 3 fully saturated rings. The van der Waals surface area contributed by atoms with E-state index in [4.69, 9.17) is 4.74 Å². The quantitative estimate of drug-likeness (QED) is 0.631. The smallest absolute Gasteiger partial charge is 0.245 e. The van der Waals surface area contributed by atoms with Crippen molar-refractivity contribution in [1.29, 1.82) is 0 Å². The van der Waals surface area contributed by atoms with E-state index >= 15 is 0 Å². The summed E-state index contributed by atoms with van der Waals surface area (Å²) in [5, 5.41) is 13.2. The molecule has 10 heteroatoms. The lowest BCUT2D eigenvalue weighted by Gasteiger charge is -2.47. The van der Waals surface area contributed by atoms with E-state index in [-0.39, 0.29) is 37.3 Å². The molecule has 0 aromatic heterocycles. The maximum atomic E-state index is 13.9. The second kappa shape index (κ2) is 9.10. The number of carbonyl (C=O) groups is 3. The Bertz CT molecular complexity index is 1160. The minimum atomic E-state index is -1.68. The molecule has 0 spiro atoms. The highest BCUT2D eigenvalue weighted by Crippen LogP contribution is 2.39. The van der Waals surface area contributed by atoms with E-state index in [1.54, 1.807) is 9.80 Å². The summed E-state index contributed by atoms with van der Waals surface area (Å²) in [4.78, 5) is 42.2. The standard InChI is InChI=1S/C25H25F2N3O5/c1-13-23(14-5-3-2-4-6-14)35-19-12-29-11-17(21(31)22(32)20(29)25(34)30(13)19)24(33)28-10-15-7-8-16(26)9-18(15)27/h2-9,13,17,19-20,22-23,32H,10-12H2,1H3,(H,28,33). The predicted octanol–water partition coefficient (Wildman–Crippen LogP) is 1.14. The largest absolute Gasteiger partial charge is 0.383 e. The zero-order valence-electron chi connectivity index (χ0n) is 18.9. The molecule has 2 aromatic carbocycles. The van der Waals surface area contributed by atoms with Crippen molar-refractivity contribution in [1.82, 2.24) is 15.1 Å². The van der Waals surface area contributed by atoms with Gasteiger partial charge in [-0.15, -0.1) is 0 Å². The molecule has 184 valence electrons. The van der Waals surface area contributed by atoms with Crippen LogP contribution in [0.1, 0.15) is 24.2 Å². The Morgan fingerprint density at radius 2 is 1.89 bits per heavy atom. The van der Waals surface area contributed by atoms with Crippen molar-refractivity contribution in [3.05, 3.63) is 71.3 Å². The van der Waals surface area contributed by atoms with Gasteiger partial charge in [0.25, 0.3) is 0 Å². The second-order valence-corrected chi connectivity index (χ2v) is 9.16. The molecule has 0 aliphatic carbocycles. The van der Waals surface area contributed by atoms with Gasteiger partial charge in [-0.1, -0.05) is 36.4 Å². The van der Waals surface area contributed by atoms with Crippen molar-refractivity contribution in [2.45, 2.75) is 44.0 Å². The SMILES string of the molecule is CC1C(c2ccccc2)OC2CN3CC(C(=O)NCc4ccc(F)cc4F)C(=O)C(O)C3C(=O)N21. The maximum Gasteiger partial charge on any atom is 0.245 e. The first-order chi connectivity index (χ1) is 16.8. The molecule has 0 bridgehead atoms. The van der Waals surface area contributed by atoms with Crippen LogP contribution in [0.4, 0.5) is 8.78 Å². The van der Waals surface area contributed by atoms with Crippen LogP contribution in [-0.2, 0) is 25.7 Å². The van der Waals surface area contributed by atoms with Crippen molar-refractivity contribution < 1.29 is 33.0 Å². The molecule has 3 saturated heterocycles. The zero-order chi connectivity index (χ0) is 24.9. The number of halogens is 2. The van der Waals surface area contributed by atoms with Crippen LogP contribution in [0, 0.1) is 17.6 Å². The van der Waals surface area contributed by atoms with Gasteiger partial charge < -0.3 is 20.1 Å². The summed E-state index contributed by atoms with van der Waals surface area (Å²) < 4.78 is 33.2. The third-order valence-corrected chi connectivity index (χ3v) is 7.05. The number of ketones is 1. The molecule has 5 rings (SSSR count). The molecule has 3 heterocycles. The lowest BCUT2D eigenvalue weighted by molar-refractivity contribution is -0.174. The summed E-state index contributed by atoms with van der Waals surface area (Å²) >= 11 is 0. The Morgan fingerprint density at radius 1 is 1.14 bits per heavy atom. The second-order valence-electron chi connectivity index (χ2n) is 9.16. The summed E-state index contributed by atoms with van der Waals surface area (Å²) in [6, 6.07) is 11.1. The highest BCUT2D eigenvalue weighted by Gasteiger charge is 2.57. The number of Topliss-reactive ketones (excluding diaryl/α,β-unsaturated/α-hetero) is 1. The van der Waals surface area contributed by atoms with Crippen LogP contribution in [0.3, 0.4) is 0 Å². The number of hydrogen-bond acceptors (Lipinski definition) is 6. The Balaban J connectivity index is 1.31. The summed E-state index contributed by atoms with van der Waals surface area (Å²) in [6.45, 7) is 1.77. The van der Waals surface area contributed by atoms with Gasteiger partial charge in [0.1, 0.15) is 42.0 Å². The number of nitrogens with zero attached hydrogens (tertiary/aromatic N) is 2. The number of hydrogen-bond donors (Lipinski definition) is 2. The number of ether oxygens (including phenoxy) is 1. The molecule has 6 unspecified atom stereocenters. The van der Waals surface area contributed by atoms with Crippen molar-refractivity contribution in [2.75, 3.05) is 13.1 Å². The molecular weight excluding hydrogens is 460 g/mol. The molecule has 2 aromatic rings. The van der Waals surface area contributed by atoms with E-state index in [1.165, 1.54) is 6.07 Å². The van der Waals surface area contributed by atoms with Gasteiger partial charge in [-0.25, -0.2) is 8.78 Å². The zero-order valence-corrected chi connectivity index (χ0v) is 18.9. The first kappa shape index (κ1) is 23.5. The van der Waals surface area contributed by atoms with Crippen molar-refractivity contribution >= 4 is 17.6 Å². The average molecular weight is 485 g/mol. The fraction of sp³-hybridized carbons (Fsp3) is 0.400. The van der Waals surface area contributed by atoms with Crippen LogP contribution in [0.15, 0.2) is 48.5 Å². The van der Waals surface area contributed by atoms with Crippen LogP contribution in [0.25, 0.3) is 0 Å². The number of rotatable bonds is 4. The Hall–Kier alpha value is -3.21. The normalized spacial score (nSPS) is 30.7. The van der Waals surface area contributed by atoms with Crippen molar-refractivity contribution in [2.24, 2.45) is 5.92 Å². The lowest BCUT2D eigenvalue weighted by atomic mass is 9.85. The number of piperidine rings is 1. The van der Waals surface area contributed by atoms with Crippen LogP contribution in [0.5, 0.6) is 0 Å². The fourth-order valence-corrected chi connectivity index (χ4v) is 5.24. The van der Waals surface area contributed by atoms with Gasteiger partial charge in [0.15, 0.2) is 5.78 Å². The summed E-state index contributed by atoms with van der Waals surface area (Å²) in [6.07, 6.45) is -2.63. The van der Waals surface area contributed by atoms with Crippen LogP contribution in [-0.4, -0.2) is 70.0 Å². The highest BCUT2D eigenvalue weighted by molar-refractivity contribution is 6.07. The molecule has 0 saturated carbocycles. The van der Waals surface area contributed by atoms with E-state index in [0.29, 0.717) is 6.07 Å². The highest BCUT2D eigenvalue weighted by atomic mass is 19.1. The number of aliphatic hydroxyl groups is 1. The van der Waals surface area contributed by atoms with Crippen LogP contribution < -0.4 is 5.32 Å². The number of amides is 2. The van der Waals surface area contributed by atoms with E-state index in [1.807, 2.05) is 37.3 Å². The third-order valence-electron chi connectivity index (χ3n) is 7.05. The molecule has 8 nitrogen and oxygen atoms in total. The Morgan fingerprint density at radius 3 is 2.60 bits per heavy atom. The summed E-state index contributed by atoms with van der Waals surface area (Å²) in [7, 11) is 0. The molecule has 35 heavy (non-hydrogen) atoms. The molecule has 3 aliphatic heterocycles. The van der Waals surface area contributed by atoms with Gasteiger partial charge in [-0.2, -0.15) is 0 Å². The van der Waals surface area contributed by atoms with Crippen LogP contribution >= 0.6 is 0 Å². The van der Waals surface area contributed by atoms with Gasteiger partial charge in [-0.05, 0) is 18.6 Å². The average Bonchev–Trinajstić information content (AvgIpc) is 3.17. The maximum absolute atomic E-state index is 13.9. The van der Waals surface area contributed by atoms with E-state index in [0.717, 1.165) is 11.6 Å². The van der Waals surface area contributed by atoms with E-state index in [9.17, 15) is 28.3 Å². The monoisotopic (exact) mass is 485 g/mol. The van der Waals surface area contributed by atoms with Gasteiger partial charge in [-0.3, -0.25) is 19.3 Å². The predicted molar refractivity (Wildman–Crippen MR) is 118 cm³/mol. The van der Waals surface area contributed by atoms with E-state index in [2.05, 4.69) is 5.32 Å². The molecule has 2 amide bonds. The lowest BCUT2D eigenvalue weighted by Crippen LogP contribution is -2.70. The van der Waals surface area contributed by atoms with Gasteiger partial charge in [0.2, 0.25) is 11.8 Å². The minimum absolute atomic E-state index is 0.0607. The number of nitrogens with one attached hydrogen (secondary N) is 1. The minimum Gasteiger partial charge on any atom is -0.383 e. The van der Waals surface area contributed by atoms with E-state index < -0.39 is 53.5 Å².